The molecule has 6 heteroatoms. The van der Waals surface area contributed by atoms with Crippen LogP contribution in [0.5, 0.6) is 0 Å². The fourth-order valence-electron chi connectivity index (χ4n) is 3.26. The molecule has 0 radical (unpaired) electrons. The van der Waals surface area contributed by atoms with E-state index >= 15 is 0 Å². The van der Waals surface area contributed by atoms with Crippen LogP contribution in [0.15, 0.2) is 0 Å². The first-order valence-corrected chi connectivity index (χ1v) is 7.02. The minimum atomic E-state index is -4.12. The van der Waals surface area contributed by atoms with Crippen molar-refractivity contribution in [2.75, 3.05) is 14.1 Å². The fraction of sp³-hybridized carbons (Fsp3) is 1.00. The largest absolute Gasteiger partial charge is 0.389 e. The van der Waals surface area contributed by atoms with Crippen LogP contribution < -0.4 is 11.3 Å². The van der Waals surface area contributed by atoms with Crippen LogP contribution in [-0.4, -0.2) is 36.8 Å². The zero-order chi connectivity index (χ0) is 14.5. The molecule has 0 heterocycles. The van der Waals surface area contributed by atoms with E-state index in [1.165, 1.54) is 0 Å². The van der Waals surface area contributed by atoms with Crippen molar-refractivity contribution in [3.8, 4) is 0 Å². The van der Waals surface area contributed by atoms with E-state index in [4.69, 9.17) is 5.84 Å². The van der Waals surface area contributed by atoms with Crippen molar-refractivity contribution in [2.24, 2.45) is 5.84 Å². The van der Waals surface area contributed by atoms with Crippen LogP contribution in [0, 0.1) is 0 Å². The second-order valence-corrected chi connectivity index (χ2v) is 5.79. The lowest BCUT2D eigenvalue weighted by Gasteiger charge is -2.45. The molecule has 19 heavy (non-hydrogen) atoms. The topological polar surface area (TPSA) is 41.3 Å². The van der Waals surface area contributed by atoms with Crippen molar-refractivity contribution in [3.63, 3.8) is 0 Å². The molecule has 1 aliphatic carbocycles. The van der Waals surface area contributed by atoms with Gasteiger partial charge in [0.15, 0.2) is 0 Å². The van der Waals surface area contributed by atoms with Gasteiger partial charge in [0.2, 0.25) is 0 Å². The Morgan fingerprint density at radius 1 is 1.16 bits per heavy atom. The maximum atomic E-state index is 12.4. The van der Waals surface area contributed by atoms with Crippen LogP contribution in [0.4, 0.5) is 13.2 Å². The van der Waals surface area contributed by atoms with Gasteiger partial charge in [0.1, 0.15) is 0 Å². The van der Waals surface area contributed by atoms with E-state index in [2.05, 4.69) is 10.3 Å². The average Bonchev–Trinajstić information content (AvgIpc) is 2.55. The number of likely N-dealkylation sites (N-methyl/N-ethyl adjacent to an activating group) is 1. The molecule has 0 spiro atoms. The second kappa shape index (κ2) is 6.90. The average molecular weight is 281 g/mol. The third-order valence-electron chi connectivity index (χ3n) is 4.43. The van der Waals surface area contributed by atoms with Gasteiger partial charge in [-0.1, -0.05) is 25.7 Å². The van der Waals surface area contributed by atoms with Crippen molar-refractivity contribution in [1.82, 2.24) is 10.3 Å². The molecule has 3 nitrogen and oxygen atoms in total. The molecule has 1 fully saturated rings. The van der Waals surface area contributed by atoms with Crippen LogP contribution in [0.3, 0.4) is 0 Å². The highest BCUT2D eigenvalue weighted by Gasteiger charge is 2.42. The monoisotopic (exact) mass is 281 g/mol. The van der Waals surface area contributed by atoms with E-state index in [1.807, 2.05) is 14.1 Å². The highest BCUT2D eigenvalue weighted by Crippen LogP contribution is 2.36. The van der Waals surface area contributed by atoms with Crippen LogP contribution >= 0.6 is 0 Å². The van der Waals surface area contributed by atoms with Gasteiger partial charge in [-0.15, -0.1) is 0 Å². The predicted molar refractivity (Wildman–Crippen MR) is 70.5 cm³/mol. The number of nitrogens with zero attached hydrogens (tertiary/aromatic N) is 1. The van der Waals surface area contributed by atoms with E-state index < -0.39 is 12.6 Å². The van der Waals surface area contributed by atoms with Crippen molar-refractivity contribution >= 4 is 0 Å². The molecule has 0 bridgehead atoms. The van der Waals surface area contributed by atoms with Crippen LogP contribution in [0.2, 0.25) is 0 Å². The molecule has 0 aliphatic heterocycles. The molecular weight excluding hydrogens is 255 g/mol. The summed E-state index contributed by atoms with van der Waals surface area (Å²) in [6.07, 6.45) is 1.39. The number of alkyl halides is 3. The first-order chi connectivity index (χ1) is 8.82. The van der Waals surface area contributed by atoms with Gasteiger partial charge in [0, 0.05) is 18.0 Å². The van der Waals surface area contributed by atoms with Gasteiger partial charge in [-0.3, -0.25) is 11.3 Å². The highest BCUT2D eigenvalue weighted by molar-refractivity contribution is 4.99. The number of halogens is 3. The lowest BCUT2D eigenvalue weighted by Crippen LogP contribution is -2.60. The minimum Gasteiger partial charge on any atom is -0.302 e. The first-order valence-electron chi connectivity index (χ1n) is 7.02. The van der Waals surface area contributed by atoms with E-state index in [0.717, 1.165) is 38.5 Å². The predicted octanol–water partition coefficient (Wildman–Crippen LogP) is 2.82. The van der Waals surface area contributed by atoms with E-state index in [0.29, 0.717) is 0 Å². The Hall–Kier alpha value is -0.330. The Bertz CT molecular complexity index is 258. The Morgan fingerprint density at radius 2 is 1.68 bits per heavy atom. The Balaban J connectivity index is 2.81. The molecule has 1 rings (SSSR count). The zero-order valence-corrected chi connectivity index (χ0v) is 11.9. The Morgan fingerprint density at radius 3 is 2.05 bits per heavy atom. The van der Waals surface area contributed by atoms with Gasteiger partial charge in [-0.2, -0.15) is 13.2 Å². The summed E-state index contributed by atoms with van der Waals surface area (Å²) in [6.45, 7) is 0. The summed E-state index contributed by atoms with van der Waals surface area (Å²) in [5.74, 6) is 5.56. The number of hydrazine groups is 1. The summed E-state index contributed by atoms with van der Waals surface area (Å²) in [5, 5.41) is 0. The first kappa shape index (κ1) is 16.7. The van der Waals surface area contributed by atoms with Gasteiger partial charge < -0.3 is 4.90 Å². The van der Waals surface area contributed by atoms with Gasteiger partial charge in [-0.05, 0) is 33.4 Å². The molecule has 1 aliphatic rings. The summed E-state index contributed by atoms with van der Waals surface area (Å²) in [7, 11) is 3.90. The fourth-order valence-corrected chi connectivity index (χ4v) is 3.26. The van der Waals surface area contributed by atoms with E-state index in [9.17, 15) is 13.2 Å². The summed E-state index contributed by atoms with van der Waals surface area (Å²) >= 11 is 0. The SMILES string of the molecule is CN(C)C1(C(CCC(F)(F)F)NN)CCCCCC1. The van der Waals surface area contributed by atoms with Gasteiger partial charge in [0.25, 0.3) is 0 Å². The Labute approximate surface area is 113 Å². The minimum absolute atomic E-state index is 0.0399. The lowest BCUT2D eigenvalue weighted by molar-refractivity contribution is -0.138. The molecule has 0 aromatic rings. The van der Waals surface area contributed by atoms with Crippen LogP contribution in [-0.2, 0) is 0 Å². The number of rotatable bonds is 5. The highest BCUT2D eigenvalue weighted by atomic mass is 19.4. The molecule has 114 valence electrons. The molecule has 3 N–H and O–H groups in total. The zero-order valence-electron chi connectivity index (χ0n) is 11.9. The van der Waals surface area contributed by atoms with Gasteiger partial charge in [-0.25, -0.2) is 0 Å². The molecule has 1 atom stereocenters. The maximum absolute atomic E-state index is 12.4. The maximum Gasteiger partial charge on any atom is 0.389 e. The van der Waals surface area contributed by atoms with Gasteiger partial charge in [0.05, 0.1) is 0 Å². The molecule has 0 saturated heterocycles. The molecule has 0 aromatic carbocycles. The number of nitrogens with two attached hydrogens (primary N) is 1. The summed E-state index contributed by atoms with van der Waals surface area (Å²) in [6, 6.07) is -0.317. The standard InChI is InChI=1S/C13H26F3N3/c1-19(2)12(8-5-3-4-6-9-12)11(18-17)7-10-13(14,15)16/h11,18H,3-10,17H2,1-2H3. The van der Waals surface area contributed by atoms with E-state index in [1.54, 1.807) is 0 Å². The van der Waals surface area contributed by atoms with Crippen molar-refractivity contribution in [3.05, 3.63) is 0 Å². The third-order valence-corrected chi connectivity index (χ3v) is 4.43. The molecular formula is C13H26F3N3. The smallest absolute Gasteiger partial charge is 0.302 e. The van der Waals surface area contributed by atoms with E-state index in [-0.39, 0.29) is 18.0 Å². The summed E-state index contributed by atoms with van der Waals surface area (Å²) < 4.78 is 37.3. The van der Waals surface area contributed by atoms with Crippen molar-refractivity contribution in [1.29, 1.82) is 0 Å². The second-order valence-electron chi connectivity index (χ2n) is 5.79. The van der Waals surface area contributed by atoms with Crippen molar-refractivity contribution < 1.29 is 13.2 Å². The van der Waals surface area contributed by atoms with Gasteiger partial charge >= 0.3 is 6.18 Å². The summed E-state index contributed by atoms with van der Waals surface area (Å²) in [5.41, 5.74) is 2.40. The lowest BCUT2D eigenvalue weighted by atomic mass is 9.79. The molecule has 1 unspecified atom stereocenters. The molecule has 0 amide bonds. The molecule has 1 saturated carbocycles. The number of nitrogens with one attached hydrogen (secondary N) is 1. The number of hydrogen-bond acceptors (Lipinski definition) is 3. The van der Waals surface area contributed by atoms with Crippen molar-refractivity contribution in [2.45, 2.75) is 69.1 Å². The quantitative estimate of drug-likeness (QED) is 0.462. The van der Waals surface area contributed by atoms with Crippen LogP contribution in [0.1, 0.15) is 51.4 Å². The molecule has 0 aromatic heterocycles. The normalized spacial score (nSPS) is 22.3. The summed E-state index contributed by atoms with van der Waals surface area (Å²) in [4.78, 5) is 2.07. The Kier molecular flexibility index (Phi) is 6.08. The third kappa shape index (κ3) is 4.61. The number of hydrogen-bond donors (Lipinski definition) is 2. The van der Waals surface area contributed by atoms with Crippen LogP contribution in [0.25, 0.3) is 0 Å².